The zero-order valence-corrected chi connectivity index (χ0v) is 23.8. The predicted molar refractivity (Wildman–Crippen MR) is 154 cm³/mol. The Kier molecular flexibility index (Phi) is 6.25. The molecule has 8 nitrogen and oxygen atoms in total. The number of benzene rings is 2. The highest BCUT2D eigenvalue weighted by molar-refractivity contribution is 6.06. The van der Waals surface area contributed by atoms with Crippen molar-refractivity contribution >= 4 is 17.6 Å². The van der Waals surface area contributed by atoms with Gasteiger partial charge in [0.2, 0.25) is 5.91 Å². The molecule has 1 spiro atoms. The highest BCUT2D eigenvalue weighted by Crippen LogP contribution is 2.46. The van der Waals surface area contributed by atoms with Crippen LogP contribution >= 0.6 is 0 Å². The van der Waals surface area contributed by atoms with Crippen LogP contribution in [0.4, 0.5) is 14.6 Å². The minimum atomic E-state index is -1.24. The third-order valence-corrected chi connectivity index (χ3v) is 9.20. The molecule has 0 radical (unpaired) electrons. The van der Waals surface area contributed by atoms with Gasteiger partial charge in [-0.15, -0.1) is 0 Å². The molecule has 10 heteroatoms. The minimum absolute atomic E-state index is 0.0828. The number of carbonyl (C=O) groups excluding carboxylic acids is 2. The van der Waals surface area contributed by atoms with Crippen molar-refractivity contribution in [1.82, 2.24) is 19.9 Å². The van der Waals surface area contributed by atoms with Gasteiger partial charge in [0.15, 0.2) is 11.6 Å². The molecule has 220 valence electrons. The summed E-state index contributed by atoms with van der Waals surface area (Å²) in [6.45, 7) is 3.56. The maximum absolute atomic E-state index is 14.9. The number of pyridine rings is 1. The molecule has 1 aliphatic carbocycles. The average molecular weight is 584 g/mol. The molecule has 2 aromatic heterocycles. The zero-order chi connectivity index (χ0) is 30.1. The smallest absolute Gasteiger partial charge is 0.251 e. The Balaban J connectivity index is 1.17. The van der Waals surface area contributed by atoms with Crippen molar-refractivity contribution in [2.24, 2.45) is 0 Å². The van der Waals surface area contributed by atoms with Gasteiger partial charge in [-0.05, 0) is 80.5 Å². The van der Waals surface area contributed by atoms with Crippen LogP contribution in [0.5, 0.6) is 0 Å². The molecule has 0 fully saturated rings. The van der Waals surface area contributed by atoms with E-state index in [1.807, 2.05) is 28.8 Å². The second-order valence-electron chi connectivity index (χ2n) is 12.4. The van der Waals surface area contributed by atoms with Crippen LogP contribution in [0, 0.1) is 11.6 Å². The molecule has 7 rings (SSSR count). The number of aliphatic hydroxyl groups is 1. The molecule has 43 heavy (non-hydrogen) atoms. The lowest BCUT2D eigenvalue weighted by Gasteiger charge is -2.23. The van der Waals surface area contributed by atoms with Gasteiger partial charge in [-0.25, -0.2) is 18.7 Å². The summed E-state index contributed by atoms with van der Waals surface area (Å²) < 4.78 is 30.8. The van der Waals surface area contributed by atoms with E-state index in [9.17, 15) is 23.5 Å². The molecule has 4 aromatic rings. The first kappa shape index (κ1) is 27.4. The summed E-state index contributed by atoms with van der Waals surface area (Å²) >= 11 is 0. The Morgan fingerprint density at radius 3 is 2.72 bits per heavy atom. The molecule has 3 N–H and O–H groups in total. The van der Waals surface area contributed by atoms with Crippen molar-refractivity contribution < 1.29 is 23.5 Å². The van der Waals surface area contributed by atoms with Gasteiger partial charge in [0.25, 0.3) is 5.91 Å². The number of aromatic nitrogens is 3. The van der Waals surface area contributed by atoms with E-state index < -0.39 is 34.6 Å². The van der Waals surface area contributed by atoms with Crippen LogP contribution in [0.3, 0.4) is 0 Å². The first-order valence-electron chi connectivity index (χ1n) is 14.5. The molecule has 0 saturated carbocycles. The van der Waals surface area contributed by atoms with Crippen molar-refractivity contribution in [2.45, 2.75) is 69.1 Å². The van der Waals surface area contributed by atoms with Gasteiger partial charge in [0, 0.05) is 29.8 Å². The number of imidazole rings is 1. The second-order valence-corrected chi connectivity index (χ2v) is 12.4. The molecule has 4 heterocycles. The molecule has 2 aliphatic heterocycles. The summed E-state index contributed by atoms with van der Waals surface area (Å²) in [6, 6.07) is 12.9. The standard InChI is InChI=1S/C33H31F2N5O3/c1-32(2,43)26-16-37-29-25(11-10-20(17-40(26)29)22-5-3-7-24(34)27(22)35)38-30(41)18-8-9-19-14-33(15-21(19)13-18)23-6-4-12-36-28(23)39-31(33)42/h3-9,12-13,16,20,25,43H,10-11,14-15,17H2,1-2H3,(H,38,41)(H,36,39,42)/t20-,25-,33?/m1/s1. The molecule has 0 bridgehead atoms. The summed E-state index contributed by atoms with van der Waals surface area (Å²) in [5.41, 5.74) is 2.09. The van der Waals surface area contributed by atoms with Crippen LogP contribution in [-0.2, 0) is 35.2 Å². The maximum Gasteiger partial charge on any atom is 0.251 e. The van der Waals surface area contributed by atoms with Crippen LogP contribution in [0.1, 0.15) is 82.8 Å². The van der Waals surface area contributed by atoms with Gasteiger partial charge >= 0.3 is 0 Å². The number of amides is 2. The highest BCUT2D eigenvalue weighted by Gasteiger charge is 2.51. The Morgan fingerprint density at radius 1 is 1.09 bits per heavy atom. The molecule has 1 unspecified atom stereocenters. The van der Waals surface area contributed by atoms with E-state index in [4.69, 9.17) is 0 Å². The van der Waals surface area contributed by atoms with Gasteiger partial charge in [0.1, 0.15) is 17.2 Å². The molecule has 3 atom stereocenters. The molecular weight excluding hydrogens is 552 g/mol. The third kappa shape index (κ3) is 4.43. The fourth-order valence-electron chi connectivity index (χ4n) is 7.03. The van der Waals surface area contributed by atoms with Crippen LogP contribution in [0.15, 0.2) is 60.9 Å². The van der Waals surface area contributed by atoms with Crippen LogP contribution in [0.2, 0.25) is 0 Å². The summed E-state index contributed by atoms with van der Waals surface area (Å²) in [5, 5.41) is 16.9. The van der Waals surface area contributed by atoms with Crippen molar-refractivity contribution in [2.75, 3.05) is 5.32 Å². The number of hydrogen-bond donors (Lipinski definition) is 3. The van der Waals surface area contributed by atoms with Gasteiger partial charge < -0.3 is 20.3 Å². The summed E-state index contributed by atoms with van der Waals surface area (Å²) in [7, 11) is 0. The minimum Gasteiger partial charge on any atom is -0.384 e. The quantitative estimate of drug-likeness (QED) is 0.319. The largest absolute Gasteiger partial charge is 0.384 e. The van der Waals surface area contributed by atoms with Crippen LogP contribution in [-0.4, -0.2) is 31.5 Å². The monoisotopic (exact) mass is 583 g/mol. The maximum atomic E-state index is 14.9. The number of halogens is 2. The predicted octanol–water partition coefficient (Wildman–Crippen LogP) is 4.82. The molecule has 2 amide bonds. The van der Waals surface area contributed by atoms with Crippen molar-refractivity contribution in [3.8, 4) is 0 Å². The van der Waals surface area contributed by atoms with Gasteiger partial charge in [0.05, 0.1) is 23.3 Å². The van der Waals surface area contributed by atoms with E-state index in [0.717, 1.165) is 22.8 Å². The normalized spacial score (nSPS) is 22.5. The van der Waals surface area contributed by atoms with E-state index in [0.29, 0.717) is 48.6 Å². The Bertz CT molecular complexity index is 1800. The van der Waals surface area contributed by atoms with Gasteiger partial charge in [-0.3, -0.25) is 9.59 Å². The number of hydrogen-bond acceptors (Lipinski definition) is 5. The Morgan fingerprint density at radius 2 is 1.91 bits per heavy atom. The lowest BCUT2D eigenvalue weighted by atomic mass is 9.79. The average Bonchev–Trinajstić information content (AvgIpc) is 3.62. The Hall–Kier alpha value is -4.44. The fraction of sp³-hybridized carbons (Fsp3) is 0.333. The number of carbonyl (C=O) groups is 2. The van der Waals surface area contributed by atoms with Crippen LogP contribution < -0.4 is 10.6 Å². The second kappa shape index (κ2) is 9.80. The SMILES string of the molecule is CC(C)(O)c1cnc2n1C[C@H](c1cccc(F)c1F)CC[C@H]2NC(=O)c1ccc2c(c1)CC1(C2)C(=O)Nc2ncccc21. The lowest BCUT2D eigenvalue weighted by molar-refractivity contribution is -0.120. The Labute approximate surface area is 247 Å². The first-order valence-corrected chi connectivity index (χ1v) is 14.5. The van der Waals surface area contributed by atoms with Gasteiger partial charge in [-0.1, -0.05) is 24.3 Å². The summed E-state index contributed by atoms with van der Waals surface area (Å²) in [4.78, 5) is 35.7. The van der Waals surface area contributed by atoms with E-state index in [2.05, 4.69) is 20.6 Å². The van der Waals surface area contributed by atoms with E-state index in [1.165, 1.54) is 6.07 Å². The molecule has 0 saturated heterocycles. The number of rotatable bonds is 4. The van der Waals surface area contributed by atoms with Gasteiger partial charge in [-0.2, -0.15) is 0 Å². The van der Waals surface area contributed by atoms with Crippen molar-refractivity contribution in [3.05, 3.63) is 112 Å². The van der Waals surface area contributed by atoms with E-state index in [1.54, 1.807) is 38.4 Å². The highest BCUT2D eigenvalue weighted by atomic mass is 19.2. The van der Waals surface area contributed by atoms with E-state index in [-0.39, 0.29) is 23.9 Å². The van der Waals surface area contributed by atoms with Crippen molar-refractivity contribution in [1.29, 1.82) is 0 Å². The number of nitrogens with one attached hydrogen (secondary N) is 2. The molecule has 3 aliphatic rings. The topological polar surface area (TPSA) is 109 Å². The number of fused-ring (bicyclic) bond motifs is 4. The molecular formula is C33H31F2N5O3. The number of nitrogens with zero attached hydrogens (tertiary/aromatic N) is 3. The van der Waals surface area contributed by atoms with Crippen LogP contribution in [0.25, 0.3) is 0 Å². The zero-order valence-electron chi connectivity index (χ0n) is 23.8. The number of anilines is 1. The third-order valence-electron chi connectivity index (χ3n) is 9.20. The lowest BCUT2D eigenvalue weighted by Crippen LogP contribution is -2.35. The molecule has 2 aromatic carbocycles. The summed E-state index contributed by atoms with van der Waals surface area (Å²) in [6.07, 6.45) is 5.14. The summed E-state index contributed by atoms with van der Waals surface area (Å²) in [5.74, 6) is -1.43. The first-order chi connectivity index (χ1) is 20.5. The van der Waals surface area contributed by atoms with E-state index >= 15 is 0 Å². The fourth-order valence-corrected chi connectivity index (χ4v) is 7.03. The van der Waals surface area contributed by atoms with Crippen molar-refractivity contribution in [3.63, 3.8) is 0 Å².